The topological polar surface area (TPSA) is 63.8 Å². The molecule has 0 spiro atoms. The highest BCUT2D eigenvalue weighted by molar-refractivity contribution is 7.80. The molecule has 0 aliphatic heterocycles. The number of hydrogen-bond acceptors (Lipinski definition) is 4. The molecule has 0 unspecified atom stereocenters. The van der Waals surface area contributed by atoms with Crippen molar-refractivity contribution in [3.05, 3.63) is 60.7 Å². The van der Waals surface area contributed by atoms with Crippen molar-refractivity contribution in [1.29, 1.82) is 0 Å². The van der Waals surface area contributed by atoms with Crippen LogP contribution in [0.15, 0.2) is 55.1 Å². The van der Waals surface area contributed by atoms with Crippen LogP contribution in [0.1, 0.15) is 5.56 Å². The van der Waals surface area contributed by atoms with E-state index in [0.717, 1.165) is 27.7 Å². The number of thiocarbonyl (C=S) groups is 1. The third-order valence-corrected chi connectivity index (χ3v) is 3.25. The van der Waals surface area contributed by atoms with Crippen LogP contribution in [-0.4, -0.2) is 15.0 Å². The third kappa shape index (κ3) is 2.31. The van der Waals surface area contributed by atoms with Crippen molar-refractivity contribution in [3.8, 4) is 0 Å². The van der Waals surface area contributed by atoms with E-state index < -0.39 is 0 Å². The summed E-state index contributed by atoms with van der Waals surface area (Å²) in [5.41, 5.74) is 8.46. The van der Waals surface area contributed by atoms with Crippen LogP contribution in [0, 0.1) is 0 Å². The fourth-order valence-electron chi connectivity index (χ4n) is 2.14. The number of anilines is 2. The van der Waals surface area contributed by atoms with Crippen LogP contribution in [0.4, 0.5) is 11.4 Å². The number of benzene rings is 2. The second kappa shape index (κ2) is 5.22. The van der Waals surface area contributed by atoms with Gasteiger partial charge in [0.15, 0.2) is 0 Å². The van der Waals surface area contributed by atoms with Crippen LogP contribution in [0.2, 0.25) is 0 Å². The lowest BCUT2D eigenvalue weighted by Crippen LogP contribution is -2.10. The Balaban J connectivity index is 2.13. The van der Waals surface area contributed by atoms with Crippen LogP contribution in [-0.2, 0) is 0 Å². The van der Waals surface area contributed by atoms with Crippen LogP contribution in [0.25, 0.3) is 10.8 Å². The molecule has 0 saturated heterocycles. The molecule has 5 heteroatoms. The van der Waals surface area contributed by atoms with Crippen molar-refractivity contribution >= 4 is 39.4 Å². The Bertz CT molecular complexity index is 771. The minimum atomic E-state index is 0.399. The van der Waals surface area contributed by atoms with Gasteiger partial charge in [-0.1, -0.05) is 36.5 Å². The van der Waals surface area contributed by atoms with Crippen LogP contribution in [0.3, 0.4) is 0 Å². The fraction of sp³-hybridized carbons (Fsp3) is 0. The van der Waals surface area contributed by atoms with Gasteiger partial charge in [-0.05, 0) is 17.5 Å². The fourth-order valence-corrected chi connectivity index (χ4v) is 2.32. The number of aromatic nitrogens is 2. The van der Waals surface area contributed by atoms with E-state index in [1.165, 1.54) is 6.33 Å². The molecule has 1 aromatic heterocycles. The molecular weight excluding hydrogens is 268 g/mol. The minimum absolute atomic E-state index is 0.399. The van der Waals surface area contributed by atoms with E-state index in [0.29, 0.717) is 4.99 Å². The van der Waals surface area contributed by atoms with Crippen molar-refractivity contribution in [2.45, 2.75) is 0 Å². The molecule has 0 saturated carbocycles. The Kier molecular flexibility index (Phi) is 3.26. The standard InChI is InChI=1S/C15H12N4S/c16-15(20)13-5-6-14(12-4-2-1-3-11(12)13)19-10-7-17-9-18-8-10/h1-9,19H,(H2,16,20). The van der Waals surface area contributed by atoms with E-state index in [1.807, 2.05) is 36.4 Å². The molecule has 2 aromatic carbocycles. The summed E-state index contributed by atoms with van der Waals surface area (Å²) in [7, 11) is 0. The summed E-state index contributed by atoms with van der Waals surface area (Å²) in [6, 6.07) is 11.9. The molecule has 3 N–H and O–H groups in total. The van der Waals surface area contributed by atoms with Gasteiger partial charge < -0.3 is 11.1 Å². The number of nitrogens with one attached hydrogen (secondary N) is 1. The quantitative estimate of drug-likeness (QED) is 0.722. The number of nitrogens with zero attached hydrogens (tertiary/aromatic N) is 2. The molecule has 20 heavy (non-hydrogen) atoms. The smallest absolute Gasteiger partial charge is 0.115 e. The summed E-state index contributed by atoms with van der Waals surface area (Å²) in [5, 5.41) is 5.39. The first kappa shape index (κ1) is 12.5. The summed E-state index contributed by atoms with van der Waals surface area (Å²) in [6.07, 6.45) is 4.95. The second-order valence-corrected chi connectivity index (χ2v) is 4.76. The van der Waals surface area contributed by atoms with Gasteiger partial charge in [0.05, 0.1) is 18.1 Å². The van der Waals surface area contributed by atoms with Gasteiger partial charge in [-0.25, -0.2) is 9.97 Å². The number of rotatable bonds is 3. The van der Waals surface area contributed by atoms with Gasteiger partial charge in [-0.15, -0.1) is 0 Å². The molecule has 3 rings (SSSR count). The summed E-state index contributed by atoms with van der Waals surface area (Å²) < 4.78 is 0. The molecule has 98 valence electrons. The molecule has 4 nitrogen and oxygen atoms in total. The monoisotopic (exact) mass is 280 g/mol. The van der Waals surface area contributed by atoms with Gasteiger partial charge in [0.2, 0.25) is 0 Å². The lowest BCUT2D eigenvalue weighted by molar-refractivity contribution is 1.17. The lowest BCUT2D eigenvalue weighted by Gasteiger charge is -2.12. The zero-order valence-corrected chi connectivity index (χ0v) is 11.4. The normalized spacial score (nSPS) is 10.4. The molecule has 0 atom stereocenters. The van der Waals surface area contributed by atoms with Gasteiger partial charge in [-0.2, -0.15) is 0 Å². The molecule has 0 amide bonds. The van der Waals surface area contributed by atoms with Gasteiger partial charge in [0, 0.05) is 16.6 Å². The van der Waals surface area contributed by atoms with Gasteiger partial charge in [-0.3, -0.25) is 0 Å². The van der Waals surface area contributed by atoms with Gasteiger partial charge in [0.25, 0.3) is 0 Å². The maximum absolute atomic E-state index is 5.77. The number of fused-ring (bicyclic) bond motifs is 1. The third-order valence-electron chi connectivity index (χ3n) is 3.03. The SMILES string of the molecule is NC(=S)c1ccc(Nc2cncnc2)c2ccccc12. The molecule has 0 aliphatic rings. The predicted molar refractivity (Wildman–Crippen MR) is 85.2 cm³/mol. The highest BCUT2D eigenvalue weighted by Gasteiger charge is 2.07. The van der Waals surface area contributed by atoms with Crippen molar-refractivity contribution in [2.24, 2.45) is 5.73 Å². The van der Waals surface area contributed by atoms with E-state index in [9.17, 15) is 0 Å². The Labute approximate surface area is 121 Å². The second-order valence-electron chi connectivity index (χ2n) is 4.32. The Morgan fingerprint density at radius 1 is 1.00 bits per heavy atom. The molecule has 0 bridgehead atoms. The number of hydrogen-bond donors (Lipinski definition) is 2. The zero-order valence-electron chi connectivity index (χ0n) is 10.6. The van der Waals surface area contributed by atoms with Gasteiger partial charge in [0.1, 0.15) is 11.3 Å². The van der Waals surface area contributed by atoms with Crippen LogP contribution >= 0.6 is 12.2 Å². The van der Waals surface area contributed by atoms with Crippen molar-refractivity contribution in [1.82, 2.24) is 9.97 Å². The summed E-state index contributed by atoms with van der Waals surface area (Å²) in [5.74, 6) is 0. The first-order valence-electron chi connectivity index (χ1n) is 6.09. The van der Waals surface area contributed by atoms with E-state index in [2.05, 4.69) is 15.3 Å². The van der Waals surface area contributed by atoms with E-state index in [4.69, 9.17) is 18.0 Å². The minimum Gasteiger partial charge on any atom is -0.389 e. The zero-order chi connectivity index (χ0) is 13.9. The highest BCUT2D eigenvalue weighted by atomic mass is 32.1. The van der Waals surface area contributed by atoms with Crippen molar-refractivity contribution in [2.75, 3.05) is 5.32 Å². The molecule has 0 aliphatic carbocycles. The molecule has 0 fully saturated rings. The first-order chi connectivity index (χ1) is 9.75. The molecule has 1 heterocycles. The lowest BCUT2D eigenvalue weighted by atomic mass is 10.0. The average molecular weight is 280 g/mol. The summed E-state index contributed by atoms with van der Waals surface area (Å²) >= 11 is 5.10. The summed E-state index contributed by atoms with van der Waals surface area (Å²) in [4.78, 5) is 8.38. The maximum atomic E-state index is 5.77. The molecular formula is C15H12N4S. The Morgan fingerprint density at radius 2 is 1.70 bits per heavy atom. The Hall–Kier alpha value is -2.53. The molecule has 3 aromatic rings. The first-order valence-corrected chi connectivity index (χ1v) is 6.50. The maximum Gasteiger partial charge on any atom is 0.115 e. The van der Waals surface area contributed by atoms with E-state index in [1.54, 1.807) is 12.4 Å². The van der Waals surface area contributed by atoms with Crippen molar-refractivity contribution < 1.29 is 0 Å². The highest BCUT2D eigenvalue weighted by Crippen LogP contribution is 2.28. The van der Waals surface area contributed by atoms with E-state index >= 15 is 0 Å². The Morgan fingerprint density at radius 3 is 2.40 bits per heavy atom. The average Bonchev–Trinajstić information content (AvgIpc) is 2.48. The van der Waals surface area contributed by atoms with Gasteiger partial charge >= 0.3 is 0 Å². The summed E-state index contributed by atoms with van der Waals surface area (Å²) in [6.45, 7) is 0. The van der Waals surface area contributed by atoms with E-state index in [-0.39, 0.29) is 0 Å². The number of nitrogens with two attached hydrogens (primary N) is 1. The van der Waals surface area contributed by atoms with Crippen molar-refractivity contribution in [3.63, 3.8) is 0 Å². The van der Waals surface area contributed by atoms with Crippen LogP contribution in [0.5, 0.6) is 0 Å². The largest absolute Gasteiger partial charge is 0.389 e. The predicted octanol–water partition coefficient (Wildman–Crippen LogP) is 3.01. The van der Waals surface area contributed by atoms with Crippen LogP contribution < -0.4 is 11.1 Å². The molecule has 0 radical (unpaired) electrons.